The molecule has 1 fully saturated rings. The maximum absolute atomic E-state index is 12.6. The number of carbonyl (C=O) groups is 1. The summed E-state index contributed by atoms with van der Waals surface area (Å²) in [6.45, 7) is -0.127. The number of urea groups is 1. The van der Waals surface area contributed by atoms with Gasteiger partial charge in [0.15, 0.2) is 0 Å². The molecule has 0 aliphatic heterocycles. The van der Waals surface area contributed by atoms with Crippen molar-refractivity contribution in [2.45, 2.75) is 57.4 Å². The second kappa shape index (κ2) is 11.2. The number of anilines is 1. The van der Waals surface area contributed by atoms with Crippen LogP contribution in [0.4, 0.5) is 23.7 Å². The van der Waals surface area contributed by atoms with E-state index in [1.807, 2.05) is 12.1 Å². The van der Waals surface area contributed by atoms with Crippen LogP contribution in [0.25, 0.3) is 0 Å². The highest BCUT2D eigenvalue weighted by molar-refractivity contribution is 5.91. The van der Waals surface area contributed by atoms with E-state index < -0.39 is 24.7 Å². The lowest BCUT2D eigenvalue weighted by molar-refractivity contribution is -0.274. The molecule has 0 radical (unpaired) electrons. The summed E-state index contributed by atoms with van der Waals surface area (Å²) in [6, 6.07) is 5.08. The first-order chi connectivity index (χ1) is 15.8. The van der Waals surface area contributed by atoms with Crippen LogP contribution in [0.15, 0.2) is 36.7 Å². The molecule has 11 heteroatoms. The third-order valence-corrected chi connectivity index (χ3v) is 5.21. The largest absolute Gasteiger partial charge is 0.573 e. The Balaban J connectivity index is 1.54. The van der Waals surface area contributed by atoms with Gasteiger partial charge in [-0.25, -0.2) is 4.79 Å². The first-order valence-corrected chi connectivity index (χ1v) is 10.4. The van der Waals surface area contributed by atoms with Crippen LogP contribution in [-0.2, 0) is 18.0 Å². The molecule has 1 aromatic heterocycles. The van der Waals surface area contributed by atoms with E-state index in [-0.39, 0.29) is 29.1 Å². The Kier molecular flexibility index (Phi) is 8.34. The van der Waals surface area contributed by atoms with Gasteiger partial charge in [-0.15, -0.1) is 13.2 Å². The van der Waals surface area contributed by atoms with E-state index in [0.717, 1.165) is 30.5 Å². The summed E-state index contributed by atoms with van der Waals surface area (Å²) in [4.78, 5) is 16.5. The zero-order valence-corrected chi connectivity index (χ0v) is 18.0. The van der Waals surface area contributed by atoms with Crippen molar-refractivity contribution in [3.8, 4) is 11.5 Å². The summed E-state index contributed by atoms with van der Waals surface area (Å²) in [6.07, 6.45) is 1.53. The van der Waals surface area contributed by atoms with Crippen molar-refractivity contribution in [1.82, 2.24) is 10.3 Å². The Morgan fingerprint density at radius 2 is 2.00 bits per heavy atom. The zero-order valence-electron chi connectivity index (χ0n) is 18.0. The molecular weight excluding hydrogens is 443 g/mol. The molecule has 33 heavy (non-hydrogen) atoms. The van der Waals surface area contributed by atoms with Crippen molar-refractivity contribution in [2.24, 2.45) is 0 Å². The van der Waals surface area contributed by atoms with Gasteiger partial charge in [0.2, 0.25) is 0 Å². The van der Waals surface area contributed by atoms with Gasteiger partial charge in [-0.3, -0.25) is 4.98 Å². The highest BCUT2D eigenvalue weighted by Crippen LogP contribution is 2.36. The topological polar surface area (TPSA) is 102 Å². The fourth-order valence-electron chi connectivity index (χ4n) is 3.72. The van der Waals surface area contributed by atoms with E-state index in [4.69, 9.17) is 9.47 Å². The molecule has 3 N–H and O–H groups in total. The fraction of sp³-hybridized carbons (Fsp3) is 0.455. The lowest BCUT2D eigenvalue weighted by Gasteiger charge is -2.29. The minimum Gasteiger partial charge on any atom is -0.494 e. The molecule has 0 unspecified atom stereocenters. The smallest absolute Gasteiger partial charge is 0.494 e. The van der Waals surface area contributed by atoms with Gasteiger partial charge in [0.05, 0.1) is 32.1 Å². The normalized spacial score (nSPS) is 18.5. The van der Waals surface area contributed by atoms with Crippen molar-refractivity contribution >= 4 is 11.7 Å². The molecule has 8 nitrogen and oxygen atoms in total. The average molecular weight is 469 g/mol. The summed E-state index contributed by atoms with van der Waals surface area (Å²) in [5.74, 6) is -0.524. The number of nitrogens with zero attached hydrogens (tertiary/aromatic N) is 1. The predicted octanol–water partition coefficient (Wildman–Crippen LogP) is 4.13. The van der Waals surface area contributed by atoms with Crippen molar-refractivity contribution < 1.29 is 37.3 Å². The SMILES string of the molecule is COc1c(CO)cc(OC(F)(F)F)cc1NC(=O)NC1CCC(OCc2cccnc2)CC1. The number of benzene rings is 1. The molecule has 1 aromatic carbocycles. The summed E-state index contributed by atoms with van der Waals surface area (Å²) >= 11 is 0. The van der Waals surface area contributed by atoms with Crippen LogP contribution in [0.1, 0.15) is 36.8 Å². The molecule has 1 heterocycles. The Bertz CT molecular complexity index is 919. The second-order valence-electron chi connectivity index (χ2n) is 7.61. The highest BCUT2D eigenvalue weighted by Gasteiger charge is 2.32. The zero-order chi connectivity index (χ0) is 23.8. The number of ether oxygens (including phenoxy) is 3. The van der Waals surface area contributed by atoms with Crippen LogP contribution in [0.3, 0.4) is 0 Å². The number of pyridine rings is 1. The van der Waals surface area contributed by atoms with Crippen LogP contribution in [-0.4, -0.2) is 41.7 Å². The second-order valence-corrected chi connectivity index (χ2v) is 7.61. The molecule has 1 saturated carbocycles. The molecule has 1 aliphatic rings. The number of amides is 2. The van der Waals surface area contributed by atoms with Gasteiger partial charge in [-0.05, 0) is 43.4 Å². The van der Waals surface area contributed by atoms with Gasteiger partial charge in [-0.2, -0.15) is 0 Å². The number of alkyl halides is 3. The Hall–Kier alpha value is -3.05. The minimum atomic E-state index is -4.92. The van der Waals surface area contributed by atoms with Gasteiger partial charge in [0.25, 0.3) is 0 Å². The lowest BCUT2D eigenvalue weighted by Crippen LogP contribution is -2.41. The number of methoxy groups -OCH3 is 1. The van der Waals surface area contributed by atoms with Crippen molar-refractivity contribution in [1.29, 1.82) is 0 Å². The van der Waals surface area contributed by atoms with Gasteiger partial charge >= 0.3 is 12.4 Å². The minimum absolute atomic E-state index is 0.0424. The maximum atomic E-state index is 12.6. The third-order valence-electron chi connectivity index (χ3n) is 5.21. The Morgan fingerprint density at radius 1 is 1.24 bits per heavy atom. The molecule has 2 aromatic rings. The molecule has 2 amide bonds. The summed E-state index contributed by atoms with van der Waals surface area (Å²) in [5, 5.41) is 14.8. The quantitative estimate of drug-likeness (QED) is 0.537. The summed E-state index contributed by atoms with van der Waals surface area (Å²) in [5.41, 5.74) is 0.986. The van der Waals surface area contributed by atoms with Crippen LogP contribution in [0, 0.1) is 0 Å². The van der Waals surface area contributed by atoms with E-state index in [9.17, 15) is 23.1 Å². The number of carbonyl (C=O) groups excluding carboxylic acids is 1. The molecule has 180 valence electrons. The molecule has 0 saturated heterocycles. The Labute approximate surface area is 189 Å². The van der Waals surface area contributed by atoms with Crippen molar-refractivity contribution in [3.05, 3.63) is 47.8 Å². The molecule has 0 spiro atoms. The average Bonchev–Trinajstić information content (AvgIpc) is 2.78. The first-order valence-electron chi connectivity index (χ1n) is 10.4. The van der Waals surface area contributed by atoms with Gasteiger partial charge in [0, 0.05) is 30.1 Å². The number of aliphatic hydroxyl groups excluding tert-OH is 1. The molecule has 0 atom stereocenters. The van der Waals surface area contributed by atoms with Crippen LogP contribution in [0.2, 0.25) is 0 Å². The van der Waals surface area contributed by atoms with Gasteiger partial charge in [-0.1, -0.05) is 6.07 Å². The van der Waals surface area contributed by atoms with Gasteiger partial charge < -0.3 is 30.0 Å². The van der Waals surface area contributed by atoms with Gasteiger partial charge in [0.1, 0.15) is 11.5 Å². The predicted molar refractivity (Wildman–Crippen MR) is 113 cm³/mol. The standard InChI is InChI=1S/C22H26F3N3O5/c1-31-20-15(12-29)9-18(33-22(23,24)25)10-19(20)28-21(30)27-16-4-6-17(7-5-16)32-13-14-3-2-8-26-11-14/h2-3,8-11,16-17,29H,4-7,12-13H2,1H3,(H2,27,28,30). The molecule has 0 bridgehead atoms. The van der Waals surface area contributed by atoms with Crippen molar-refractivity contribution in [2.75, 3.05) is 12.4 Å². The lowest BCUT2D eigenvalue weighted by atomic mass is 9.93. The Morgan fingerprint density at radius 3 is 2.61 bits per heavy atom. The number of halogens is 3. The first kappa shape index (κ1) is 24.6. The van der Waals surface area contributed by atoms with E-state index in [1.54, 1.807) is 12.4 Å². The fourth-order valence-corrected chi connectivity index (χ4v) is 3.72. The summed E-state index contributed by atoms with van der Waals surface area (Å²) in [7, 11) is 1.29. The third kappa shape index (κ3) is 7.50. The number of nitrogens with one attached hydrogen (secondary N) is 2. The van der Waals surface area contributed by atoms with E-state index >= 15 is 0 Å². The maximum Gasteiger partial charge on any atom is 0.573 e. The molecule has 3 rings (SSSR count). The number of aromatic nitrogens is 1. The number of hydrogen-bond donors (Lipinski definition) is 3. The number of aliphatic hydroxyl groups is 1. The molecular formula is C22H26F3N3O5. The van der Waals surface area contributed by atoms with Crippen molar-refractivity contribution in [3.63, 3.8) is 0 Å². The van der Waals surface area contributed by atoms with Crippen LogP contribution in [0.5, 0.6) is 11.5 Å². The monoisotopic (exact) mass is 469 g/mol. The number of rotatable bonds is 8. The number of hydrogen-bond acceptors (Lipinski definition) is 6. The van der Waals surface area contributed by atoms with E-state index in [0.29, 0.717) is 19.4 Å². The van der Waals surface area contributed by atoms with E-state index in [1.165, 1.54) is 7.11 Å². The van der Waals surface area contributed by atoms with Crippen LogP contribution < -0.4 is 20.1 Å². The molecule has 1 aliphatic carbocycles. The summed E-state index contributed by atoms with van der Waals surface area (Å²) < 4.78 is 52.8. The highest BCUT2D eigenvalue weighted by atomic mass is 19.4. The van der Waals surface area contributed by atoms with E-state index in [2.05, 4.69) is 20.4 Å². The van der Waals surface area contributed by atoms with Crippen LogP contribution >= 0.6 is 0 Å².